The monoisotopic (exact) mass is 386 g/mol. The Labute approximate surface area is 126 Å². The molecule has 98 valence electrons. The fraction of sp³-hybridized carbons (Fsp3) is 0.0833. The minimum absolute atomic E-state index is 0.0952. The summed E-state index contributed by atoms with van der Waals surface area (Å²) in [4.78, 5) is 14.5. The van der Waals surface area contributed by atoms with Crippen LogP contribution in [0.1, 0.15) is 5.56 Å². The molecule has 0 saturated carbocycles. The van der Waals surface area contributed by atoms with E-state index in [1.807, 2.05) is 6.92 Å². The third-order valence-electron chi connectivity index (χ3n) is 2.29. The summed E-state index contributed by atoms with van der Waals surface area (Å²) in [5, 5.41) is 10.9. The molecular formula is C12H8Br2N2O3. The van der Waals surface area contributed by atoms with Crippen LogP contribution in [0.15, 0.2) is 39.4 Å². The number of nitrogens with zero attached hydrogens (tertiary/aromatic N) is 2. The Kier molecular flexibility index (Phi) is 4.16. The van der Waals surface area contributed by atoms with Crippen LogP contribution in [-0.2, 0) is 0 Å². The fourth-order valence-electron chi connectivity index (χ4n) is 1.44. The topological polar surface area (TPSA) is 65.3 Å². The molecule has 0 aliphatic carbocycles. The van der Waals surface area contributed by atoms with Gasteiger partial charge in [-0.2, -0.15) is 0 Å². The minimum Gasteiger partial charge on any atom is -0.431 e. The molecule has 0 spiro atoms. The number of rotatable bonds is 3. The van der Waals surface area contributed by atoms with E-state index in [1.165, 1.54) is 6.07 Å². The number of ether oxygens (including phenoxy) is 1. The lowest BCUT2D eigenvalue weighted by molar-refractivity contribution is -0.385. The van der Waals surface area contributed by atoms with Gasteiger partial charge in [-0.15, -0.1) is 0 Å². The molecule has 0 N–H and O–H groups in total. The highest BCUT2D eigenvalue weighted by atomic mass is 79.9. The van der Waals surface area contributed by atoms with E-state index in [9.17, 15) is 10.1 Å². The van der Waals surface area contributed by atoms with Gasteiger partial charge in [-0.05, 0) is 56.5 Å². The molecule has 0 aliphatic heterocycles. The number of benzene rings is 1. The molecule has 1 aromatic carbocycles. The fourth-order valence-corrected chi connectivity index (χ4v) is 2.50. The Morgan fingerprint density at radius 2 is 2.05 bits per heavy atom. The standard InChI is InChI=1S/C12H8Br2N2O3/c1-7-2-3-10(16(17)18)11(4-7)19-12-9(14)5-8(13)6-15-12/h2-6H,1H3. The zero-order valence-electron chi connectivity index (χ0n) is 9.76. The van der Waals surface area contributed by atoms with E-state index in [2.05, 4.69) is 36.8 Å². The summed E-state index contributed by atoms with van der Waals surface area (Å²) in [7, 11) is 0. The maximum atomic E-state index is 10.9. The minimum atomic E-state index is -0.485. The van der Waals surface area contributed by atoms with Crippen LogP contribution in [0.25, 0.3) is 0 Å². The van der Waals surface area contributed by atoms with Gasteiger partial charge in [0.05, 0.1) is 9.40 Å². The number of nitro benzene ring substituents is 1. The summed E-state index contributed by atoms with van der Waals surface area (Å²) in [6, 6.07) is 6.44. The van der Waals surface area contributed by atoms with Gasteiger partial charge in [0.2, 0.25) is 11.6 Å². The zero-order valence-corrected chi connectivity index (χ0v) is 12.9. The van der Waals surface area contributed by atoms with Crippen LogP contribution >= 0.6 is 31.9 Å². The molecule has 0 fully saturated rings. The van der Waals surface area contributed by atoms with Gasteiger partial charge in [-0.1, -0.05) is 6.07 Å². The molecule has 0 unspecified atom stereocenters. The first-order valence-corrected chi connectivity index (χ1v) is 6.80. The van der Waals surface area contributed by atoms with Crippen LogP contribution in [0.4, 0.5) is 5.69 Å². The van der Waals surface area contributed by atoms with Crippen molar-refractivity contribution >= 4 is 37.5 Å². The Bertz CT molecular complexity index is 647. The van der Waals surface area contributed by atoms with Gasteiger partial charge in [0.15, 0.2) is 0 Å². The van der Waals surface area contributed by atoms with Crippen molar-refractivity contribution in [1.82, 2.24) is 4.98 Å². The van der Waals surface area contributed by atoms with Crippen molar-refractivity contribution in [3.63, 3.8) is 0 Å². The molecule has 0 atom stereocenters. The van der Waals surface area contributed by atoms with Gasteiger partial charge in [0, 0.05) is 16.7 Å². The van der Waals surface area contributed by atoms with Crippen LogP contribution in [0.5, 0.6) is 11.6 Å². The second kappa shape index (κ2) is 5.66. The molecule has 0 aliphatic rings. The maximum Gasteiger partial charge on any atom is 0.311 e. The van der Waals surface area contributed by atoms with Crippen molar-refractivity contribution in [3.8, 4) is 11.6 Å². The summed E-state index contributed by atoms with van der Waals surface area (Å²) < 4.78 is 6.91. The molecule has 0 radical (unpaired) electrons. The van der Waals surface area contributed by atoms with Crippen LogP contribution in [0.3, 0.4) is 0 Å². The van der Waals surface area contributed by atoms with Gasteiger partial charge in [-0.3, -0.25) is 10.1 Å². The van der Waals surface area contributed by atoms with Crippen molar-refractivity contribution in [1.29, 1.82) is 0 Å². The predicted molar refractivity (Wildman–Crippen MR) is 77.5 cm³/mol. The first kappa shape index (κ1) is 14.0. The van der Waals surface area contributed by atoms with Crippen molar-refractivity contribution < 1.29 is 9.66 Å². The number of pyridine rings is 1. The van der Waals surface area contributed by atoms with Crippen molar-refractivity contribution in [2.45, 2.75) is 6.92 Å². The van der Waals surface area contributed by atoms with Gasteiger partial charge in [-0.25, -0.2) is 4.98 Å². The number of hydrogen-bond acceptors (Lipinski definition) is 4. The molecule has 7 heteroatoms. The number of hydrogen-bond donors (Lipinski definition) is 0. The Balaban J connectivity index is 2.42. The Morgan fingerprint density at radius 1 is 1.32 bits per heavy atom. The van der Waals surface area contributed by atoms with E-state index in [0.29, 0.717) is 4.47 Å². The highest BCUT2D eigenvalue weighted by molar-refractivity contribution is 9.11. The summed E-state index contributed by atoms with van der Waals surface area (Å²) >= 11 is 6.57. The lowest BCUT2D eigenvalue weighted by atomic mass is 10.2. The van der Waals surface area contributed by atoms with E-state index in [-0.39, 0.29) is 17.3 Å². The van der Waals surface area contributed by atoms with Gasteiger partial charge in [0.1, 0.15) is 0 Å². The molecule has 1 aromatic heterocycles. The lowest BCUT2D eigenvalue weighted by Crippen LogP contribution is -1.95. The van der Waals surface area contributed by atoms with Gasteiger partial charge in [0.25, 0.3) is 0 Å². The largest absolute Gasteiger partial charge is 0.431 e. The van der Waals surface area contributed by atoms with Crippen LogP contribution in [0, 0.1) is 17.0 Å². The first-order chi connectivity index (χ1) is 8.97. The number of nitro groups is 1. The highest BCUT2D eigenvalue weighted by Gasteiger charge is 2.17. The molecule has 0 saturated heterocycles. The van der Waals surface area contributed by atoms with E-state index in [1.54, 1.807) is 24.4 Å². The van der Waals surface area contributed by atoms with Crippen LogP contribution in [-0.4, -0.2) is 9.91 Å². The quantitative estimate of drug-likeness (QED) is 0.569. The molecule has 2 rings (SSSR count). The maximum absolute atomic E-state index is 10.9. The number of halogens is 2. The second-order valence-electron chi connectivity index (χ2n) is 3.77. The lowest BCUT2D eigenvalue weighted by Gasteiger charge is -2.08. The van der Waals surface area contributed by atoms with Crippen LogP contribution in [0.2, 0.25) is 0 Å². The smallest absolute Gasteiger partial charge is 0.311 e. The van der Waals surface area contributed by atoms with E-state index in [4.69, 9.17) is 4.74 Å². The van der Waals surface area contributed by atoms with Crippen molar-refractivity contribution in [2.75, 3.05) is 0 Å². The third kappa shape index (κ3) is 3.30. The van der Waals surface area contributed by atoms with E-state index >= 15 is 0 Å². The van der Waals surface area contributed by atoms with Crippen LogP contribution < -0.4 is 4.74 Å². The molecular weight excluding hydrogens is 380 g/mol. The SMILES string of the molecule is Cc1ccc([N+](=O)[O-])c(Oc2ncc(Br)cc2Br)c1. The molecule has 0 amide bonds. The molecule has 19 heavy (non-hydrogen) atoms. The van der Waals surface area contributed by atoms with E-state index in [0.717, 1.165) is 10.0 Å². The average Bonchev–Trinajstić information content (AvgIpc) is 2.32. The highest BCUT2D eigenvalue weighted by Crippen LogP contribution is 2.35. The molecule has 2 aromatic rings. The summed E-state index contributed by atoms with van der Waals surface area (Å²) in [5.74, 6) is 0.442. The normalized spacial score (nSPS) is 10.3. The van der Waals surface area contributed by atoms with Gasteiger partial charge < -0.3 is 4.74 Å². The number of aromatic nitrogens is 1. The zero-order chi connectivity index (χ0) is 14.0. The second-order valence-corrected chi connectivity index (χ2v) is 5.54. The number of aryl methyl sites for hydroxylation is 1. The van der Waals surface area contributed by atoms with E-state index < -0.39 is 4.92 Å². The Hall–Kier alpha value is -1.47. The van der Waals surface area contributed by atoms with Crippen molar-refractivity contribution in [3.05, 3.63) is 55.1 Å². The van der Waals surface area contributed by atoms with Gasteiger partial charge >= 0.3 is 5.69 Å². The molecule has 0 bridgehead atoms. The predicted octanol–water partition coefficient (Wildman–Crippen LogP) is 4.62. The average molecular weight is 388 g/mol. The Morgan fingerprint density at radius 3 is 2.68 bits per heavy atom. The molecule has 5 nitrogen and oxygen atoms in total. The summed E-state index contributed by atoms with van der Waals surface area (Å²) in [5.41, 5.74) is 0.774. The van der Waals surface area contributed by atoms with Crippen molar-refractivity contribution in [2.24, 2.45) is 0 Å². The molecule has 1 heterocycles. The third-order valence-corrected chi connectivity index (χ3v) is 3.29. The first-order valence-electron chi connectivity index (χ1n) is 5.21. The summed E-state index contributed by atoms with van der Waals surface area (Å²) in [6.45, 7) is 1.83. The summed E-state index contributed by atoms with van der Waals surface area (Å²) in [6.07, 6.45) is 1.56.